The van der Waals surface area contributed by atoms with Gasteiger partial charge < -0.3 is 0 Å². The van der Waals surface area contributed by atoms with Crippen molar-refractivity contribution >= 4 is 5.78 Å². The van der Waals surface area contributed by atoms with Gasteiger partial charge in [-0.3, -0.25) is 4.79 Å². The maximum atomic E-state index is 16.3. The fraction of sp³-hybridized carbons (Fsp3) is 0.800. The van der Waals surface area contributed by atoms with E-state index in [9.17, 15) is 4.79 Å². The predicted octanol–water partition coefficient (Wildman–Crippen LogP) is 21.9. The topological polar surface area (TPSA) is 17.1 Å². The van der Waals surface area contributed by atoms with Gasteiger partial charge in [0.05, 0.1) is 0 Å². The van der Waals surface area contributed by atoms with Crippen LogP contribution in [-0.4, -0.2) is 5.78 Å². The highest BCUT2D eigenvalue weighted by Crippen LogP contribution is 2.49. The minimum atomic E-state index is -3.24. The SMILES string of the molecule is CCCCCCCCCCC1CCC(C2CCC(c3ccc(C(=O)c4ccc(C5CCC(C6CCC(CCCCCCCCCC)CC6)CC5)cc4C(F)(F)CCC)c(C(F)(F)CCC)c3)CC2)CC1. The Morgan fingerprint density at radius 3 is 1.01 bits per heavy atom. The Bertz CT molecular complexity index is 1640. The lowest BCUT2D eigenvalue weighted by molar-refractivity contribution is -0.0152. The Balaban J connectivity index is 1.04. The minimum absolute atomic E-state index is 0.117. The van der Waals surface area contributed by atoms with Gasteiger partial charge in [0.25, 0.3) is 11.8 Å². The zero-order valence-electron chi connectivity index (χ0n) is 45.4. The van der Waals surface area contributed by atoms with E-state index in [0.717, 1.165) is 86.2 Å². The third kappa shape index (κ3) is 16.9. The van der Waals surface area contributed by atoms with Crippen LogP contribution in [0.1, 0.15) is 322 Å². The number of carbonyl (C=O) groups excluding carboxylic acids is 1. The van der Waals surface area contributed by atoms with Gasteiger partial charge in [-0.15, -0.1) is 0 Å². The number of hydrogen-bond acceptors (Lipinski definition) is 1. The molecule has 0 radical (unpaired) electrons. The minimum Gasteiger partial charge on any atom is -0.289 e. The van der Waals surface area contributed by atoms with Crippen LogP contribution in [0.3, 0.4) is 0 Å². The normalized spacial score (nSPS) is 25.8. The van der Waals surface area contributed by atoms with Crippen LogP contribution in [-0.2, 0) is 11.8 Å². The lowest BCUT2D eigenvalue weighted by Gasteiger charge is -2.38. The molecule has 2 aromatic carbocycles. The zero-order valence-corrected chi connectivity index (χ0v) is 45.4. The average Bonchev–Trinajstić information content (AvgIpc) is 3.38. The van der Waals surface area contributed by atoms with Crippen molar-refractivity contribution in [2.75, 3.05) is 0 Å². The van der Waals surface area contributed by atoms with Crippen LogP contribution in [0.25, 0.3) is 0 Å². The number of hydrogen-bond donors (Lipinski definition) is 0. The van der Waals surface area contributed by atoms with Gasteiger partial charge in [-0.25, -0.2) is 17.6 Å². The van der Waals surface area contributed by atoms with Gasteiger partial charge in [-0.05, 0) is 148 Å². The largest absolute Gasteiger partial charge is 0.289 e. The average molecular weight is 976 g/mol. The molecule has 0 bridgehead atoms. The van der Waals surface area contributed by atoms with E-state index in [1.807, 2.05) is 12.1 Å². The van der Waals surface area contributed by atoms with Crippen LogP contribution < -0.4 is 0 Å². The van der Waals surface area contributed by atoms with Crippen LogP contribution in [0.5, 0.6) is 0 Å². The molecule has 6 rings (SSSR count). The molecule has 4 aliphatic carbocycles. The van der Waals surface area contributed by atoms with E-state index in [1.165, 1.54) is 167 Å². The summed E-state index contributed by atoms with van der Waals surface area (Å²) in [5, 5.41) is 0. The maximum Gasteiger partial charge on any atom is 0.273 e. The van der Waals surface area contributed by atoms with Gasteiger partial charge in [0.2, 0.25) is 0 Å². The van der Waals surface area contributed by atoms with E-state index < -0.39 is 17.6 Å². The number of carbonyl (C=O) groups is 1. The molecule has 4 aliphatic rings. The number of halogens is 4. The molecule has 70 heavy (non-hydrogen) atoms. The molecule has 0 aromatic heterocycles. The molecule has 0 aliphatic heterocycles. The summed E-state index contributed by atoms with van der Waals surface area (Å²) in [7, 11) is 0. The standard InChI is InChI=1S/C65H102F4O/c1-5-9-11-13-15-17-19-21-23-49-25-29-51(30-26-49)53-33-37-55(38-34-53)57-41-43-59(61(47-57)64(66,67)45-7-3)63(70)60-44-42-58(48-62(60)65(68,69)46-8-4)56-39-35-54(36-40-56)52-31-27-50(28-32-52)24-22-20-18-16-14-12-10-6-2/h41-44,47-56H,5-40,45-46H2,1-4H3. The number of rotatable bonds is 30. The fourth-order valence-electron chi connectivity index (χ4n) is 14.6. The molecule has 4 saturated carbocycles. The summed E-state index contributed by atoms with van der Waals surface area (Å²) in [6, 6.07) is 10.1. The molecule has 0 amide bonds. The third-order valence-electron chi connectivity index (χ3n) is 19.0. The van der Waals surface area contributed by atoms with Crippen molar-refractivity contribution in [3.63, 3.8) is 0 Å². The molecule has 0 N–H and O–H groups in total. The van der Waals surface area contributed by atoms with Gasteiger partial charge in [-0.2, -0.15) is 0 Å². The first-order valence-electron chi connectivity index (χ1n) is 30.6. The molecule has 1 nitrogen and oxygen atoms in total. The lowest BCUT2D eigenvalue weighted by Crippen LogP contribution is -2.26. The molecule has 0 unspecified atom stereocenters. The third-order valence-corrected chi connectivity index (χ3v) is 19.0. The number of unbranched alkanes of at least 4 members (excludes halogenated alkanes) is 14. The maximum absolute atomic E-state index is 16.3. The molecule has 0 heterocycles. The highest BCUT2D eigenvalue weighted by molar-refractivity contribution is 6.11. The Hall–Kier alpha value is -2.17. The van der Waals surface area contributed by atoms with E-state index in [1.54, 1.807) is 38.1 Å². The van der Waals surface area contributed by atoms with Gasteiger partial charge >= 0.3 is 0 Å². The molecular formula is C65H102F4O. The van der Waals surface area contributed by atoms with Gasteiger partial charge in [0, 0.05) is 35.1 Å². The van der Waals surface area contributed by atoms with Crippen molar-refractivity contribution in [2.45, 2.75) is 295 Å². The molecule has 4 fully saturated rings. The summed E-state index contributed by atoms with van der Waals surface area (Å²) >= 11 is 0. The Morgan fingerprint density at radius 2 is 0.700 bits per heavy atom. The highest BCUT2D eigenvalue weighted by atomic mass is 19.3. The zero-order chi connectivity index (χ0) is 49.8. The van der Waals surface area contributed by atoms with E-state index in [4.69, 9.17) is 0 Å². The van der Waals surface area contributed by atoms with Crippen molar-refractivity contribution in [3.05, 3.63) is 69.8 Å². The number of ketones is 1. The number of alkyl halides is 4. The molecule has 396 valence electrons. The monoisotopic (exact) mass is 975 g/mol. The summed E-state index contributed by atoms with van der Waals surface area (Å²) in [4.78, 5) is 14.6. The first-order chi connectivity index (χ1) is 34.0. The van der Waals surface area contributed by atoms with Crippen molar-refractivity contribution in [3.8, 4) is 0 Å². The second-order valence-electron chi connectivity index (χ2n) is 24.2. The quantitative estimate of drug-likeness (QED) is 0.0433. The predicted molar refractivity (Wildman–Crippen MR) is 289 cm³/mol. The first-order valence-corrected chi connectivity index (χ1v) is 30.6. The summed E-state index contributed by atoms with van der Waals surface area (Å²) in [6.07, 6.45) is 43.9. The van der Waals surface area contributed by atoms with Gasteiger partial charge in [0.15, 0.2) is 5.78 Å². The molecule has 2 aromatic rings. The first kappa shape index (κ1) is 57.1. The van der Waals surface area contributed by atoms with E-state index >= 15 is 17.6 Å². The Morgan fingerprint density at radius 1 is 0.400 bits per heavy atom. The van der Waals surface area contributed by atoms with Crippen LogP contribution in [0, 0.1) is 35.5 Å². The van der Waals surface area contributed by atoms with E-state index in [2.05, 4.69) is 13.8 Å². The molecule has 0 saturated heterocycles. The lowest BCUT2D eigenvalue weighted by atomic mass is 9.67. The Kier molecular flexibility index (Phi) is 24.2. The fourth-order valence-corrected chi connectivity index (χ4v) is 14.6. The summed E-state index contributed by atoms with van der Waals surface area (Å²) in [5.74, 6) is -2.06. The molecular weight excluding hydrogens is 873 g/mol. The Labute approximate surface area is 427 Å². The van der Waals surface area contributed by atoms with Crippen molar-refractivity contribution in [1.82, 2.24) is 0 Å². The second kappa shape index (κ2) is 29.7. The van der Waals surface area contributed by atoms with Crippen molar-refractivity contribution in [2.24, 2.45) is 35.5 Å². The van der Waals surface area contributed by atoms with E-state index in [0.29, 0.717) is 11.8 Å². The van der Waals surface area contributed by atoms with Crippen molar-refractivity contribution < 1.29 is 22.4 Å². The van der Waals surface area contributed by atoms with Crippen LogP contribution in [0.4, 0.5) is 17.6 Å². The van der Waals surface area contributed by atoms with Gasteiger partial charge in [0.1, 0.15) is 0 Å². The molecule has 5 heteroatoms. The highest BCUT2D eigenvalue weighted by Gasteiger charge is 2.41. The summed E-state index contributed by atoms with van der Waals surface area (Å²) in [6.45, 7) is 8.04. The van der Waals surface area contributed by atoms with Crippen LogP contribution in [0.2, 0.25) is 0 Å². The second-order valence-corrected chi connectivity index (χ2v) is 24.2. The van der Waals surface area contributed by atoms with Crippen molar-refractivity contribution in [1.29, 1.82) is 0 Å². The van der Waals surface area contributed by atoms with Crippen LogP contribution in [0.15, 0.2) is 36.4 Å². The summed E-state index contributed by atoms with van der Waals surface area (Å²) < 4.78 is 65.3. The van der Waals surface area contributed by atoms with Crippen LogP contribution >= 0.6 is 0 Å². The molecule has 0 spiro atoms. The number of benzene rings is 2. The molecule has 0 atom stereocenters. The van der Waals surface area contributed by atoms with E-state index in [-0.39, 0.29) is 59.8 Å². The van der Waals surface area contributed by atoms with Gasteiger partial charge in [-0.1, -0.05) is 206 Å². The summed E-state index contributed by atoms with van der Waals surface area (Å²) in [5.41, 5.74) is 0.975. The smallest absolute Gasteiger partial charge is 0.273 e.